The molecule has 0 bridgehead atoms. The van der Waals surface area contributed by atoms with Gasteiger partial charge in [0.05, 0.1) is 5.92 Å². The third-order valence-electron chi connectivity index (χ3n) is 4.16. The van der Waals surface area contributed by atoms with Gasteiger partial charge in [0, 0.05) is 0 Å². The van der Waals surface area contributed by atoms with E-state index in [-0.39, 0.29) is 0 Å². The van der Waals surface area contributed by atoms with Gasteiger partial charge in [0.2, 0.25) is 5.76 Å². The van der Waals surface area contributed by atoms with Gasteiger partial charge in [-0.25, -0.2) is 4.79 Å². The summed E-state index contributed by atoms with van der Waals surface area (Å²) < 4.78 is 9.67. The number of cyclic esters (lactones) is 1. The fraction of sp³-hybridized carbons (Fsp3) is 0.474. The molecule has 0 saturated heterocycles. The Morgan fingerprint density at radius 1 is 1.19 bits per heavy atom. The van der Waals surface area contributed by atoms with Crippen molar-refractivity contribution in [1.29, 1.82) is 0 Å². The van der Waals surface area contributed by atoms with Crippen molar-refractivity contribution in [2.24, 2.45) is 5.92 Å². The molecule has 26 heavy (non-hydrogen) atoms. The summed E-state index contributed by atoms with van der Waals surface area (Å²) in [6.45, 7) is 5.47. The van der Waals surface area contributed by atoms with Gasteiger partial charge >= 0.3 is 11.9 Å². The predicted octanol–water partition coefficient (Wildman–Crippen LogP) is 2.15. The second-order valence-electron chi connectivity index (χ2n) is 6.82. The van der Waals surface area contributed by atoms with Crippen molar-refractivity contribution in [3.8, 4) is 0 Å². The van der Waals surface area contributed by atoms with Crippen LogP contribution in [0, 0.1) is 5.92 Å². The Morgan fingerprint density at radius 3 is 2.31 bits per heavy atom. The molecular weight excluding hydrogens is 340 g/mol. The molecule has 1 heterocycles. The molecule has 0 spiro atoms. The molecule has 1 aromatic rings. The number of ether oxygens (including phenoxy) is 2. The van der Waals surface area contributed by atoms with E-state index in [1.54, 1.807) is 6.92 Å². The van der Waals surface area contributed by atoms with Crippen LogP contribution in [0.3, 0.4) is 0 Å². The molecule has 0 unspecified atom stereocenters. The molecule has 1 aliphatic rings. The zero-order valence-corrected chi connectivity index (χ0v) is 15.0. The first-order valence-corrected chi connectivity index (χ1v) is 8.47. The van der Waals surface area contributed by atoms with Crippen LogP contribution >= 0.6 is 0 Å². The van der Waals surface area contributed by atoms with Crippen LogP contribution in [0.4, 0.5) is 0 Å². The molecule has 0 radical (unpaired) electrons. The van der Waals surface area contributed by atoms with Crippen LogP contribution in [0.1, 0.15) is 37.8 Å². The molecule has 1 aromatic carbocycles. The molecule has 3 atom stereocenters. The summed E-state index contributed by atoms with van der Waals surface area (Å²) in [6.07, 6.45) is -1.97. The number of aliphatic hydroxyl groups is 3. The Hall–Kier alpha value is -2.54. The molecule has 0 aromatic heterocycles. The Labute approximate surface area is 151 Å². The summed E-state index contributed by atoms with van der Waals surface area (Å²) in [6, 6.07) is 7.67. The number of benzene rings is 1. The molecule has 1 aliphatic heterocycles. The Balaban J connectivity index is 1.90. The molecule has 7 nitrogen and oxygen atoms in total. The standard InChI is InChI=1S/C19H24O7/c1-10(2)8-12-4-6-13(7-5-12)11(3)18(23)25-9-14(20)17-15(21)16(22)19(24)26-17/h4-7,10-11,14,17,20-22H,8-9H2,1-3H3/t11-,14+,17-/m1/s1. The largest absolute Gasteiger partial charge is 0.505 e. The normalized spacial score (nSPS) is 19.4. The minimum atomic E-state index is -1.48. The highest BCUT2D eigenvalue weighted by Gasteiger charge is 2.39. The van der Waals surface area contributed by atoms with E-state index in [0.717, 1.165) is 12.0 Å². The molecule has 2 rings (SSSR count). The number of aliphatic hydroxyl groups excluding tert-OH is 3. The maximum atomic E-state index is 12.2. The van der Waals surface area contributed by atoms with Crippen LogP contribution < -0.4 is 0 Å². The monoisotopic (exact) mass is 364 g/mol. The number of carbonyl (C=O) groups excluding carboxylic acids is 2. The molecular formula is C19H24O7. The lowest BCUT2D eigenvalue weighted by atomic mass is 9.97. The second-order valence-corrected chi connectivity index (χ2v) is 6.82. The van der Waals surface area contributed by atoms with Gasteiger partial charge in [-0.15, -0.1) is 0 Å². The van der Waals surface area contributed by atoms with Gasteiger partial charge in [-0.1, -0.05) is 38.1 Å². The lowest BCUT2D eigenvalue weighted by Crippen LogP contribution is -2.34. The zero-order valence-electron chi connectivity index (χ0n) is 15.0. The average Bonchev–Trinajstić information content (AvgIpc) is 2.86. The average molecular weight is 364 g/mol. The highest BCUT2D eigenvalue weighted by Crippen LogP contribution is 2.23. The van der Waals surface area contributed by atoms with Gasteiger partial charge in [-0.2, -0.15) is 0 Å². The van der Waals surface area contributed by atoms with E-state index < -0.39 is 48.2 Å². The lowest BCUT2D eigenvalue weighted by molar-refractivity contribution is -0.155. The van der Waals surface area contributed by atoms with Crippen LogP contribution in [0.15, 0.2) is 35.8 Å². The van der Waals surface area contributed by atoms with Gasteiger partial charge in [0.1, 0.15) is 12.7 Å². The molecule has 7 heteroatoms. The van der Waals surface area contributed by atoms with E-state index in [9.17, 15) is 24.9 Å². The summed E-state index contributed by atoms with van der Waals surface area (Å²) in [7, 11) is 0. The van der Waals surface area contributed by atoms with Crippen LogP contribution in [0.25, 0.3) is 0 Å². The molecule has 0 fully saturated rings. The predicted molar refractivity (Wildman–Crippen MR) is 92.5 cm³/mol. The third kappa shape index (κ3) is 4.54. The van der Waals surface area contributed by atoms with Crippen LogP contribution in [0.5, 0.6) is 0 Å². The van der Waals surface area contributed by atoms with E-state index in [4.69, 9.17) is 4.74 Å². The Kier molecular flexibility index (Phi) is 6.26. The van der Waals surface area contributed by atoms with Crippen molar-refractivity contribution in [2.75, 3.05) is 6.61 Å². The van der Waals surface area contributed by atoms with E-state index in [1.807, 2.05) is 24.3 Å². The van der Waals surface area contributed by atoms with Gasteiger partial charge in [0.25, 0.3) is 0 Å². The summed E-state index contributed by atoms with van der Waals surface area (Å²) in [5.74, 6) is -3.41. The number of rotatable bonds is 7. The van der Waals surface area contributed by atoms with Crippen molar-refractivity contribution < 1.29 is 34.4 Å². The van der Waals surface area contributed by atoms with E-state index >= 15 is 0 Å². The first-order valence-electron chi connectivity index (χ1n) is 8.47. The number of hydrogen-bond donors (Lipinski definition) is 3. The molecule has 0 aliphatic carbocycles. The van der Waals surface area contributed by atoms with Gasteiger partial charge in [-0.3, -0.25) is 4.79 Å². The highest BCUT2D eigenvalue weighted by atomic mass is 16.6. The fourth-order valence-electron chi connectivity index (χ4n) is 2.66. The van der Waals surface area contributed by atoms with E-state index in [2.05, 4.69) is 18.6 Å². The molecule has 3 N–H and O–H groups in total. The Bertz CT molecular complexity index is 690. The van der Waals surface area contributed by atoms with E-state index in [1.165, 1.54) is 5.56 Å². The minimum absolute atomic E-state index is 0.482. The highest BCUT2D eigenvalue weighted by molar-refractivity contribution is 5.89. The quantitative estimate of drug-likeness (QED) is 0.635. The molecule has 0 amide bonds. The lowest BCUT2D eigenvalue weighted by Gasteiger charge is -2.19. The third-order valence-corrected chi connectivity index (χ3v) is 4.16. The first-order chi connectivity index (χ1) is 12.2. The van der Waals surface area contributed by atoms with Crippen LogP contribution in [-0.4, -0.2) is 46.1 Å². The summed E-state index contributed by atoms with van der Waals surface area (Å²) >= 11 is 0. The Morgan fingerprint density at radius 2 is 1.81 bits per heavy atom. The summed E-state index contributed by atoms with van der Waals surface area (Å²) in [5.41, 5.74) is 1.97. The van der Waals surface area contributed by atoms with Gasteiger partial charge < -0.3 is 24.8 Å². The topological polar surface area (TPSA) is 113 Å². The fourth-order valence-corrected chi connectivity index (χ4v) is 2.66. The van der Waals surface area contributed by atoms with Crippen molar-refractivity contribution in [1.82, 2.24) is 0 Å². The zero-order chi connectivity index (χ0) is 19.4. The van der Waals surface area contributed by atoms with Gasteiger partial charge in [-0.05, 0) is 30.4 Å². The summed E-state index contributed by atoms with van der Waals surface area (Å²) in [4.78, 5) is 23.3. The van der Waals surface area contributed by atoms with E-state index in [0.29, 0.717) is 5.92 Å². The van der Waals surface area contributed by atoms with Crippen LogP contribution in [-0.2, 0) is 25.5 Å². The smallest absolute Gasteiger partial charge is 0.377 e. The van der Waals surface area contributed by atoms with Crippen molar-refractivity contribution in [2.45, 2.75) is 45.3 Å². The van der Waals surface area contributed by atoms with Gasteiger partial charge in [0.15, 0.2) is 11.9 Å². The second kappa shape index (κ2) is 8.23. The SMILES string of the molecule is CC(C)Cc1ccc([C@@H](C)C(=O)OC[C@H](O)[C@H]2OC(=O)C(O)=C2O)cc1. The maximum absolute atomic E-state index is 12.2. The molecule has 0 saturated carbocycles. The number of hydrogen-bond acceptors (Lipinski definition) is 7. The number of esters is 2. The van der Waals surface area contributed by atoms with Crippen molar-refractivity contribution in [3.05, 3.63) is 46.9 Å². The minimum Gasteiger partial charge on any atom is -0.505 e. The summed E-state index contributed by atoms with van der Waals surface area (Å²) in [5, 5.41) is 28.7. The number of carbonyl (C=O) groups is 2. The first kappa shape index (κ1) is 19.8. The van der Waals surface area contributed by atoms with Crippen LogP contribution in [0.2, 0.25) is 0 Å². The maximum Gasteiger partial charge on any atom is 0.377 e. The molecule has 142 valence electrons. The van der Waals surface area contributed by atoms with Crippen molar-refractivity contribution in [3.63, 3.8) is 0 Å². The van der Waals surface area contributed by atoms with Crippen molar-refractivity contribution >= 4 is 11.9 Å².